The summed E-state index contributed by atoms with van der Waals surface area (Å²) in [5.41, 5.74) is 0.112. The molecule has 2 heterocycles. The van der Waals surface area contributed by atoms with Gasteiger partial charge in [-0.05, 0) is 60.5 Å². The summed E-state index contributed by atoms with van der Waals surface area (Å²) in [6.07, 6.45) is 3.60. The topological polar surface area (TPSA) is 117 Å². The third kappa shape index (κ3) is 6.83. The maximum Gasteiger partial charge on any atom is 0.354 e. The number of hydrogen-bond acceptors (Lipinski definition) is 8. The van der Waals surface area contributed by atoms with Crippen molar-refractivity contribution in [2.45, 2.75) is 25.9 Å². The lowest BCUT2D eigenvalue weighted by Crippen LogP contribution is -2.42. The Labute approximate surface area is 217 Å². The first-order valence-corrected chi connectivity index (χ1v) is 11.8. The van der Waals surface area contributed by atoms with E-state index in [0.29, 0.717) is 22.2 Å². The zero-order valence-electron chi connectivity index (χ0n) is 20.0. The van der Waals surface area contributed by atoms with Crippen LogP contribution in [0.4, 0.5) is 11.6 Å². The summed E-state index contributed by atoms with van der Waals surface area (Å²) in [6, 6.07) is 17.5. The second kappa shape index (κ2) is 12.0. The van der Waals surface area contributed by atoms with E-state index in [-0.39, 0.29) is 31.9 Å². The van der Waals surface area contributed by atoms with Gasteiger partial charge in [-0.25, -0.2) is 14.2 Å². The van der Waals surface area contributed by atoms with E-state index in [4.69, 9.17) is 16.3 Å². The number of hydrogen-bond donors (Lipinski definition) is 1. The minimum atomic E-state index is -0.720. The van der Waals surface area contributed by atoms with Crippen molar-refractivity contribution in [1.29, 1.82) is 0 Å². The van der Waals surface area contributed by atoms with Gasteiger partial charge in [0.15, 0.2) is 0 Å². The molecule has 0 aliphatic rings. The number of esters is 1. The molecular weight excluding hydrogens is 498 g/mol. The Kier molecular flexibility index (Phi) is 8.32. The zero-order valence-corrected chi connectivity index (χ0v) is 20.7. The molecule has 0 radical (unpaired) electrons. The van der Waals surface area contributed by atoms with E-state index in [2.05, 4.69) is 20.0 Å². The Morgan fingerprint density at radius 1 is 0.946 bits per heavy atom. The molecule has 0 fully saturated rings. The lowest BCUT2D eigenvalue weighted by molar-refractivity contribution is -0.140. The van der Waals surface area contributed by atoms with Gasteiger partial charge in [-0.2, -0.15) is 4.98 Å². The summed E-state index contributed by atoms with van der Waals surface area (Å²) in [4.78, 5) is 45.6. The molecule has 0 aliphatic heterocycles. The van der Waals surface area contributed by atoms with E-state index >= 15 is 0 Å². The summed E-state index contributed by atoms with van der Waals surface area (Å²) in [5.74, 6) is 0.906. The van der Waals surface area contributed by atoms with Crippen molar-refractivity contribution < 1.29 is 14.3 Å². The summed E-state index contributed by atoms with van der Waals surface area (Å²) in [5, 5.41) is 3.62. The predicted octanol–water partition coefficient (Wildman–Crippen LogP) is 3.99. The van der Waals surface area contributed by atoms with Crippen LogP contribution in [0.2, 0.25) is 5.02 Å². The van der Waals surface area contributed by atoms with Gasteiger partial charge in [0.1, 0.15) is 11.5 Å². The first kappa shape index (κ1) is 25.6. The number of pyridine rings is 1. The highest BCUT2D eigenvalue weighted by Gasteiger charge is 2.15. The van der Waals surface area contributed by atoms with E-state index in [1.165, 1.54) is 11.7 Å². The van der Waals surface area contributed by atoms with Crippen molar-refractivity contribution in [3.8, 4) is 11.5 Å². The van der Waals surface area contributed by atoms with Crippen LogP contribution in [0.25, 0.3) is 0 Å². The average molecular weight is 522 g/mol. The Morgan fingerprint density at radius 3 is 2.30 bits per heavy atom. The van der Waals surface area contributed by atoms with E-state index in [1.807, 2.05) is 0 Å². The third-order valence-corrected chi connectivity index (χ3v) is 5.64. The van der Waals surface area contributed by atoms with Crippen LogP contribution in [0.5, 0.6) is 11.5 Å². The number of aromatic nitrogens is 4. The van der Waals surface area contributed by atoms with Gasteiger partial charge in [0, 0.05) is 36.1 Å². The van der Waals surface area contributed by atoms with Crippen LogP contribution in [-0.4, -0.2) is 32.2 Å². The Balaban J connectivity index is 1.61. The van der Waals surface area contributed by atoms with Crippen LogP contribution < -0.4 is 21.4 Å². The van der Waals surface area contributed by atoms with Crippen molar-refractivity contribution >= 4 is 29.2 Å². The van der Waals surface area contributed by atoms with Crippen LogP contribution in [0.3, 0.4) is 0 Å². The van der Waals surface area contributed by atoms with Crippen LogP contribution in [0.15, 0.2) is 82.6 Å². The van der Waals surface area contributed by atoms with Crippen molar-refractivity contribution in [3.63, 3.8) is 0 Å². The number of ether oxygens (including phenoxy) is 2. The summed E-state index contributed by atoms with van der Waals surface area (Å²) < 4.78 is 12.8. The summed E-state index contributed by atoms with van der Waals surface area (Å²) >= 11 is 6.00. The molecule has 0 bridgehead atoms. The quantitative estimate of drug-likeness (QED) is 0.311. The van der Waals surface area contributed by atoms with Gasteiger partial charge in [-0.3, -0.25) is 14.3 Å². The Bertz CT molecular complexity index is 1470. The number of benzene rings is 2. The van der Waals surface area contributed by atoms with Gasteiger partial charge >= 0.3 is 17.3 Å². The van der Waals surface area contributed by atoms with E-state index in [0.717, 1.165) is 10.1 Å². The van der Waals surface area contributed by atoms with Crippen LogP contribution in [0, 0.1) is 0 Å². The van der Waals surface area contributed by atoms with Gasteiger partial charge < -0.3 is 14.8 Å². The summed E-state index contributed by atoms with van der Waals surface area (Å²) in [6.45, 7) is 0.174. The molecule has 2 aromatic carbocycles. The van der Waals surface area contributed by atoms with Crippen LogP contribution in [0.1, 0.15) is 18.4 Å². The maximum atomic E-state index is 13.4. The number of nitrogens with one attached hydrogen (secondary N) is 1. The van der Waals surface area contributed by atoms with Gasteiger partial charge in [0.05, 0.1) is 13.7 Å². The molecular formula is C26H24ClN5O5. The minimum Gasteiger partial charge on any atom is -0.469 e. The Morgan fingerprint density at radius 2 is 1.62 bits per heavy atom. The molecule has 4 rings (SSSR count). The van der Waals surface area contributed by atoms with Crippen molar-refractivity contribution in [3.05, 3.63) is 105 Å². The standard InChI is InChI=1S/C26H24ClN5O5/c1-36-23(33)3-2-16-31-25(34)30-24(32(26(31)35)17-18-4-6-19(27)7-5-18)29-20-8-10-21(11-9-20)37-22-12-14-28-15-13-22/h4-15H,2-3,16-17H2,1H3,(H,29,30,34). The molecule has 0 atom stereocenters. The lowest BCUT2D eigenvalue weighted by atomic mass is 10.2. The highest BCUT2D eigenvalue weighted by atomic mass is 35.5. The third-order valence-electron chi connectivity index (χ3n) is 5.39. The molecule has 190 valence electrons. The fourth-order valence-corrected chi connectivity index (χ4v) is 3.62. The summed E-state index contributed by atoms with van der Waals surface area (Å²) in [7, 11) is 1.29. The molecule has 11 heteroatoms. The molecule has 0 aliphatic carbocycles. The fraction of sp³-hybridized carbons (Fsp3) is 0.192. The smallest absolute Gasteiger partial charge is 0.354 e. The monoisotopic (exact) mass is 521 g/mol. The fourth-order valence-electron chi connectivity index (χ4n) is 3.49. The van der Waals surface area contributed by atoms with Crippen molar-refractivity contribution in [1.82, 2.24) is 19.1 Å². The molecule has 0 unspecified atom stereocenters. The number of rotatable bonds is 10. The zero-order chi connectivity index (χ0) is 26.2. The second-order valence-electron chi connectivity index (χ2n) is 7.98. The molecule has 4 aromatic rings. The molecule has 0 saturated carbocycles. The van der Waals surface area contributed by atoms with Gasteiger partial charge in [0.25, 0.3) is 0 Å². The molecule has 0 saturated heterocycles. The van der Waals surface area contributed by atoms with E-state index in [1.54, 1.807) is 73.1 Å². The maximum absolute atomic E-state index is 13.4. The van der Waals surface area contributed by atoms with E-state index < -0.39 is 17.3 Å². The normalized spacial score (nSPS) is 10.6. The first-order valence-electron chi connectivity index (χ1n) is 11.4. The van der Waals surface area contributed by atoms with Crippen LogP contribution in [-0.2, 0) is 22.6 Å². The van der Waals surface area contributed by atoms with Crippen molar-refractivity contribution in [2.75, 3.05) is 12.4 Å². The molecule has 2 aromatic heterocycles. The largest absolute Gasteiger partial charge is 0.469 e. The molecule has 10 nitrogen and oxygen atoms in total. The molecule has 0 amide bonds. The Hall–Kier alpha value is -4.44. The van der Waals surface area contributed by atoms with Gasteiger partial charge in [-0.1, -0.05) is 23.7 Å². The molecule has 1 N–H and O–H groups in total. The highest BCUT2D eigenvalue weighted by molar-refractivity contribution is 6.30. The molecule has 37 heavy (non-hydrogen) atoms. The highest BCUT2D eigenvalue weighted by Crippen LogP contribution is 2.23. The number of methoxy groups -OCH3 is 1. The number of anilines is 2. The number of nitrogens with zero attached hydrogens (tertiary/aromatic N) is 4. The van der Waals surface area contributed by atoms with Crippen molar-refractivity contribution in [2.24, 2.45) is 0 Å². The number of halogens is 1. The first-order chi connectivity index (χ1) is 17.9. The van der Waals surface area contributed by atoms with Gasteiger partial charge in [-0.15, -0.1) is 0 Å². The number of carbonyl (C=O) groups excluding carboxylic acids is 1. The lowest BCUT2D eigenvalue weighted by Gasteiger charge is -2.16. The average Bonchev–Trinajstić information content (AvgIpc) is 2.91. The minimum absolute atomic E-state index is 0.0295. The van der Waals surface area contributed by atoms with Gasteiger partial charge in [0.2, 0.25) is 5.95 Å². The van der Waals surface area contributed by atoms with Crippen LogP contribution >= 0.6 is 11.6 Å². The predicted molar refractivity (Wildman–Crippen MR) is 139 cm³/mol. The number of carbonyl (C=O) groups is 1. The second-order valence-corrected chi connectivity index (χ2v) is 8.42. The SMILES string of the molecule is COC(=O)CCCn1c(=O)nc(Nc2ccc(Oc3ccncc3)cc2)n(Cc2ccc(Cl)cc2)c1=O. The molecule has 0 spiro atoms. The van der Waals surface area contributed by atoms with E-state index in [9.17, 15) is 14.4 Å².